The fraction of sp³-hybridized carbons (Fsp3) is 0.0500. The van der Waals surface area contributed by atoms with Gasteiger partial charge in [-0.1, -0.05) is 30.3 Å². The first-order chi connectivity index (χ1) is 13.2. The van der Waals surface area contributed by atoms with Crippen LogP contribution < -0.4 is 5.43 Å². The molecule has 1 N–H and O–H groups in total. The molecule has 0 radical (unpaired) electrons. The van der Waals surface area contributed by atoms with E-state index in [1.165, 1.54) is 18.0 Å². The van der Waals surface area contributed by atoms with Gasteiger partial charge in [0.25, 0.3) is 5.91 Å². The second-order valence-corrected chi connectivity index (χ2v) is 8.00. The number of hydrazone groups is 1. The minimum absolute atomic E-state index is 0.250. The number of furan rings is 1. The van der Waals surface area contributed by atoms with Crippen molar-refractivity contribution in [1.29, 1.82) is 0 Å². The van der Waals surface area contributed by atoms with E-state index >= 15 is 0 Å². The Morgan fingerprint density at radius 2 is 1.96 bits per heavy atom. The molecule has 0 fully saturated rings. The van der Waals surface area contributed by atoms with Crippen LogP contribution in [0, 0.1) is 6.92 Å². The average molecular weight is 393 g/mol. The van der Waals surface area contributed by atoms with Gasteiger partial charge in [0.1, 0.15) is 5.76 Å². The number of carbonyl (C=O) groups is 1. The van der Waals surface area contributed by atoms with E-state index in [0.29, 0.717) is 11.3 Å². The SMILES string of the molecule is Cc1ccccc1C(=O)NN=Cc1ccc(Sc2nc3ccccc3s2)o1. The number of amides is 1. The van der Waals surface area contributed by atoms with Crippen LogP contribution in [0.2, 0.25) is 0 Å². The molecule has 4 aromatic rings. The third-order valence-corrected chi connectivity index (χ3v) is 5.83. The highest BCUT2D eigenvalue weighted by Crippen LogP contribution is 2.34. The van der Waals surface area contributed by atoms with E-state index in [-0.39, 0.29) is 5.91 Å². The van der Waals surface area contributed by atoms with Crippen molar-refractivity contribution in [2.45, 2.75) is 16.4 Å². The van der Waals surface area contributed by atoms with Crippen LogP contribution in [0.4, 0.5) is 0 Å². The van der Waals surface area contributed by atoms with Crippen molar-refractivity contribution in [2.75, 3.05) is 0 Å². The molecule has 0 aliphatic heterocycles. The Kier molecular flexibility index (Phi) is 5.04. The van der Waals surface area contributed by atoms with Gasteiger partial charge in [-0.05, 0) is 54.6 Å². The number of rotatable bonds is 5. The second kappa shape index (κ2) is 7.77. The largest absolute Gasteiger partial charge is 0.448 e. The number of para-hydroxylation sites is 1. The van der Waals surface area contributed by atoms with Crippen molar-refractivity contribution < 1.29 is 9.21 Å². The molecule has 0 spiro atoms. The van der Waals surface area contributed by atoms with E-state index in [1.807, 2.05) is 49.4 Å². The minimum atomic E-state index is -0.250. The van der Waals surface area contributed by atoms with Gasteiger partial charge in [0.05, 0.1) is 16.4 Å². The van der Waals surface area contributed by atoms with Crippen LogP contribution in [0.1, 0.15) is 21.7 Å². The molecule has 0 unspecified atom stereocenters. The van der Waals surface area contributed by atoms with Crippen LogP contribution in [0.25, 0.3) is 10.2 Å². The lowest BCUT2D eigenvalue weighted by molar-refractivity contribution is 0.0954. The van der Waals surface area contributed by atoms with Crippen LogP contribution in [0.15, 0.2) is 79.6 Å². The molecule has 0 atom stereocenters. The molecule has 2 aromatic heterocycles. The highest BCUT2D eigenvalue weighted by Gasteiger charge is 2.09. The number of nitrogens with zero attached hydrogens (tertiary/aromatic N) is 2. The summed E-state index contributed by atoms with van der Waals surface area (Å²) in [5.74, 6) is 0.309. The second-order valence-electron chi connectivity index (χ2n) is 5.72. The maximum absolute atomic E-state index is 12.1. The molecule has 2 aromatic carbocycles. The normalized spacial score (nSPS) is 11.3. The summed E-state index contributed by atoms with van der Waals surface area (Å²) in [5, 5.41) is 4.70. The summed E-state index contributed by atoms with van der Waals surface area (Å²) in [6.07, 6.45) is 1.48. The number of carbonyl (C=O) groups excluding carboxylic acids is 1. The Morgan fingerprint density at radius 1 is 1.15 bits per heavy atom. The Bertz CT molecular complexity index is 1100. The first-order valence-corrected chi connectivity index (χ1v) is 9.84. The van der Waals surface area contributed by atoms with Crippen molar-refractivity contribution in [3.63, 3.8) is 0 Å². The van der Waals surface area contributed by atoms with E-state index in [0.717, 1.165) is 25.2 Å². The molecule has 0 saturated heterocycles. The lowest BCUT2D eigenvalue weighted by Crippen LogP contribution is -2.18. The van der Waals surface area contributed by atoms with Crippen LogP contribution >= 0.6 is 23.1 Å². The number of nitrogens with one attached hydrogen (secondary N) is 1. The molecule has 0 aliphatic rings. The van der Waals surface area contributed by atoms with Crippen molar-refractivity contribution in [2.24, 2.45) is 5.10 Å². The third kappa shape index (κ3) is 4.10. The number of aromatic nitrogens is 1. The minimum Gasteiger partial charge on any atom is -0.448 e. The highest BCUT2D eigenvalue weighted by molar-refractivity contribution is 8.01. The molecule has 0 bridgehead atoms. The van der Waals surface area contributed by atoms with Crippen LogP contribution in [-0.2, 0) is 0 Å². The van der Waals surface area contributed by atoms with E-state index in [1.54, 1.807) is 23.5 Å². The molecule has 0 saturated carbocycles. The maximum Gasteiger partial charge on any atom is 0.271 e. The number of fused-ring (bicyclic) bond motifs is 1. The van der Waals surface area contributed by atoms with Gasteiger partial charge in [0.2, 0.25) is 0 Å². The summed E-state index contributed by atoms with van der Waals surface area (Å²) in [7, 11) is 0. The fourth-order valence-corrected chi connectivity index (χ4v) is 4.45. The van der Waals surface area contributed by atoms with Gasteiger partial charge in [0, 0.05) is 5.56 Å². The van der Waals surface area contributed by atoms with E-state index in [4.69, 9.17) is 4.42 Å². The van der Waals surface area contributed by atoms with Crippen molar-refractivity contribution >= 4 is 45.4 Å². The molecule has 7 heteroatoms. The zero-order valence-electron chi connectivity index (χ0n) is 14.4. The summed E-state index contributed by atoms with van der Waals surface area (Å²) in [6.45, 7) is 1.89. The van der Waals surface area contributed by atoms with Crippen molar-refractivity contribution in [1.82, 2.24) is 10.4 Å². The summed E-state index contributed by atoms with van der Waals surface area (Å²) in [5.41, 5.74) is 5.00. The average Bonchev–Trinajstić information content (AvgIpc) is 3.28. The summed E-state index contributed by atoms with van der Waals surface area (Å²) in [6, 6.07) is 19.1. The standard InChI is InChI=1S/C20H15N3O2S2/c1-13-6-2-3-7-15(13)19(24)23-21-12-14-10-11-18(25-14)27-20-22-16-8-4-5-9-17(16)26-20/h2-12H,1H3,(H,23,24). The summed E-state index contributed by atoms with van der Waals surface area (Å²) < 4.78 is 7.79. The lowest BCUT2D eigenvalue weighted by Gasteiger charge is -2.02. The molecule has 0 aliphatic carbocycles. The Morgan fingerprint density at radius 3 is 2.81 bits per heavy atom. The Labute approximate surface area is 164 Å². The smallest absolute Gasteiger partial charge is 0.271 e. The lowest BCUT2D eigenvalue weighted by atomic mass is 10.1. The molecule has 5 nitrogen and oxygen atoms in total. The fourth-order valence-electron chi connectivity index (χ4n) is 2.48. The first kappa shape index (κ1) is 17.5. The van der Waals surface area contributed by atoms with Crippen LogP contribution in [-0.4, -0.2) is 17.1 Å². The number of hydrogen-bond acceptors (Lipinski definition) is 6. The Hall–Kier alpha value is -2.90. The molecule has 27 heavy (non-hydrogen) atoms. The van der Waals surface area contributed by atoms with Gasteiger partial charge in [-0.15, -0.1) is 11.3 Å². The van der Waals surface area contributed by atoms with Crippen LogP contribution in [0.3, 0.4) is 0 Å². The first-order valence-electron chi connectivity index (χ1n) is 8.21. The van der Waals surface area contributed by atoms with Gasteiger partial charge >= 0.3 is 0 Å². The third-order valence-electron chi connectivity index (χ3n) is 3.81. The van der Waals surface area contributed by atoms with Crippen molar-refractivity contribution in [3.8, 4) is 0 Å². The van der Waals surface area contributed by atoms with E-state index < -0.39 is 0 Å². The number of aryl methyl sites for hydroxylation is 1. The predicted molar refractivity (Wildman–Crippen MR) is 109 cm³/mol. The summed E-state index contributed by atoms with van der Waals surface area (Å²) in [4.78, 5) is 16.7. The maximum atomic E-state index is 12.1. The number of hydrogen-bond donors (Lipinski definition) is 1. The highest BCUT2D eigenvalue weighted by atomic mass is 32.2. The quantitative estimate of drug-likeness (QED) is 0.378. The molecule has 134 valence electrons. The van der Waals surface area contributed by atoms with Gasteiger partial charge < -0.3 is 4.42 Å². The number of benzene rings is 2. The topological polar surface area (TPSA) is 67.5 Å². The van der Waals surface area contributed by atoms with Crippen LogP contribution in [0.5, 0.6) is 0 Å². The van der Waals surface area contributed by atoms with Gasteiger partial charge in [-0.3, -0.25) is 4.79 Å². The van der Waals surface area contributed by atoms with E-state index in [2.05, 4.69) is 21.6 Å². The van der Waals surface area contributed by atoms with Crippen molar-refractivity contribution in [3.05, 3.63) is 77.6 Å². The Balaban J connectivity index is 1.39. The number of thiazole rings is 1. The zero-order chi connectivity index (χ0) is 18.6. The molecule has 1 amide bonds. The van der Waals surface area contributed by atoms with Gasteiger partial charge in [-0.25, -0.2) is 10.4 Å². The monoisotopic (exact) mass is 393 g/mol. The molecule has 4 rings (SSSR count). The van der Waals surface area contributed by atoms with E-state index in [9.17, 15) is 4.79 Å². The molecular formula is C20H15N3O2S2. The van der Waals surface area contributed by atoms with Gasteiger partial charge in [-0.2, -0.15) is 5.10 Å². The molecule has 2 heterocycles. The zero-order valence-corrected chi connectivity index (χ0v) is 16.0. The van der Waals surface area contributed by atoms with Gasteiger partial charge in [0.15, 0.2) is 9.43 Å². The molecular weight excluding hydrogens is 378 g/mol. The predicted octanol–water partition coefficient (Wildman–Crippen LogP) is 5.11. The summed E-state index contributed by atoms with van der Waals surface area (Å²) >= 11 is 3.09.